The predicted octanol–water partition coefficient (Wildman–Crippen LogP) is 1.05. The number of hydrogen-bond acceptors (Lipinski definition) is 2. The first kappa shape index (κ1) is 8.19. The van der Waals surface area contributed by atoms with Crippen molar-refractivity contribution in [3.8, 4) is 0 Å². The SMILES string of the molecule is CCP(=O)([O-])C(C)C. The molecule has 2 nitrogen and oxygen atoms in total. The van der Waals surface area contributed by atoms with Crippen LogP contribution in [-0.4, -0.2) is 11.8 Å². The van der Waals surface area contributed by atoms with E-state index < -0.39 is 7.37 Å². The van der Waals surface area contributed by atoms with Crippen LogP contribution in [0.3, 0.4) is 0 Å². The minimum Gasteiger partial charge on any atom is -0.799 e. The molecule has 3 heteroatoms. The van der Waals surface area contributed by atoms with E-state index in [4.69, 9.17) is 0 Å². The van der Waals surface area contributed by atoms with E-state index in [1.54, 1.807) is 20.8 Å². The summed E-state index contributed by atoms with van der Waals surface area (Å²) in [7, 11) is -3.00. The van der Waals surface area contributed by atoms with Crippen molar-refractivity contribution in [3.05, 3.63) is 0 Å². The number of rotatable bonds is 2. The van der Waals surface area contributed by atoms with E-state index in [1.165, 1.54) is 0 Å². The van der Waals surface area contributed by atoms with Crippen molar-refractivity contribution in [3.63, 3.8) is 0 Å². The Morgan fingerprint density at radius 3 is 2.00 bits per heavy atom. The summed E-state index contributed by atoms with van der Waals surface area (Å²) in [4.78, 5) is 10.7. The van der Waals surface area contributed by atoms with E-state index in [0.717, 1.165) is 0 Å². The highest BCUT2D eigenvalue weighted by atomic mass is 31.2. The zero-order valence-electron chi connectivity index (χ0n) is 5.55. The standard InChI is InChI=1S/C5H13O2P/c1-4-8(6,7)5(2)3/h5H,4H2,1-3H3,(H,6,7)/p-1. The van der Waals surface area contributed by atoms with Gasteiger partial charge in [-0.15, -0.1) is 0 Å². The van der Waals surface area contributed by atoms with Gasteiger partial charge >= 0.3 is 0 Å². The smallest absolute Gasteiger partial charge is 0.0170 e. The maximum atomic E-state index is 10.7. The summed E-state index contributed by atoms with van der Waals surface area (Å²) in [5.74, 6) is 0. The quantitative estimate of drug-likeness (QED) is 0.531. The van der Waals surface area contributed by atoms with Gasteiger partial charge in [-0.05, 0) is 11.8 Å². The van der Waals surface area contributed by atoms with Crippen molar-refractivity contribution in [2.45, 2.75) is 26.4 Å². The van der Waals surface area contributed by atoms with E-state index in [0.29, 0.717) is 0 Å². The van der Waals surface area contributed by atoms with Crippen LogP contribution in [0.25, 0.3) is 0 Å². The molecule has 1 unspecified atom stereocenters. The fourth-order valence-corrected chi connectivity index (χ4v) is 1.10. The monoisotopic (exact) mass is 135 g/mol. The average molecular weight is 135 g/mol. The Balaban J connectivity index is 3.93. The highest BCUT2D eigenvalue weighted by Gasteiger charge is 2.07. The molecular formula is C5H12O2P-. The molecule has 0 aromatic heterocycles. The first-order valence-corrected chi connectivity index (χ1v) is 4.68. The Morgan fingerprint density at radius 2 is 2.00 bits per heavy atom. The molecule has 50 valence electrons. The zero-order chi connectivity index (χ0) is 6.78. The molecule has 8 heavy (non-hydrogen) atoms. The van der Waals surface area contributed by atoms with Gasteiger partial charge in [0.25, 0.3) is 0 Å². The van der Waals surface area contributed by atoms with Gasteiger partial charge in [0.1, 0.15) is 0 Å². The third kappa shape index (κ3) is 1.97. The second kappa shape index (κ2) is 2.65. The lowest BCUT2D eigenvalue weighted by molar-refractivity contribution is -0.176. The highest BCUT2D eigenvalue weighted by Crippen LogP contribution is 2.39. The summed E-state index contributed by atoms with van der Waals surface area (Å²) in [6.07, 6.45) is 0.282. The molecule has 0 radical (unpaired) electrons. The Morgan fingerprint density at radius 1 is 1.62 bits per heavy atom. The first-order chi connectivity index (χ1) is 3.50. The molecule has 0 aromatic rings. The molecule has 0 spiro atoms. The summed E-state index contributed by atoms with van der Waals surface area (Å²) < 4.78 is 10.7. The van der Waals surface area contributed by atoms with Crippen LogP contribution in [0.15, 0.2) is 0 Å². The minimum atomic E-state index is -3.00. The fourth-order valence-electron chi connectivity index (χ4n) is 0.365. The molecule has 0 aromatic carbocycles. The summed E-state index contributed by atoms with van der Waals surface area (Å²) >= 11 is 0. The van der Waals surface area contributed by atoms with Gasteiger partial charge < -0.3 is 9.46 Å². The van der Waals surface area contributed by atoms with Crippen molar-refractivity contribution in [1.29, 1.82) is 0 Å². The molecular weight excluding hydrogens is 123 g/mol. The van der Waals surface area contributed by atoms with Crippen molar-refractivity contribution in [2.75, 3.05) is 6.16 Å². The van der Waals surface area contributed by atoms with Crippen molar-refractivity contribution < 1.29 is 9.46 Å². The molecule has 0 rings (SSSR count). The van der Waals surface area contributed by atoms with Gasteiger partial charge in [-0.2, -0.15) is 0 Å². The average Bonchev–Trinajstić information content (AvgIpc) is 1.67. The highest BCUT2D eigenvalue weighted by molar-refractivity contribution is 7.57. The summed E-state index contributed by atoms with van der Waals surface area (Å²) in [6.45, 7) is 5.09. The second-order valence-electron chi connectivity index (χ2n) is 2.14. The van der Waals surface area contributed by atoms with Gasteiger partial charge in [-0.1, -0.05) is 20.8 Å². The van der Waals surface area contributed by atoms with E-state index >= 15 is 0 Å². The molecule has 0 N–H and O–H groups in total. The van der Waals surface area contributed by atoms with Crippen molar-refractivity contribution in [2.24, 2.45) is 0 Å². The molecule has 1 atom stereocenters. The maximum Gasteiger partial charge on any atom is 0.0170 e. The number of hydrogen-bond donors (Lipinski definition) is 0. The minimum absolute atomic E-state index is 0.188. The molecule has 0 bridgehead atoms. The maximum absolute atomic E-state index is 10.7. The van der Waals surface area contributed by atoms with E-state index in [2.05, 4.69) is 0 Å². The molecule has 0 aliphatic carbocycles. The van der Waals surface area contributed by atoms with Gasteiger partial charge in [0, 0.05) is 7.37 Å². The predicted molar refractivity (Wildman–Crippen MR) is 33.3 cm³/mol. The molecule has 0 fully saturated rings. The third-order valence-electron chi connectivity index (χ3n) is 1.23. The van der Waals surface area contributed by atoms with Gasteiger partial charge in [0.15, 0.2) is 0 Å². The third-order valence-corrected chi connectivity index (χ3v) is 3.68. The molecule has 0 saturated heterocycles. The van der Waals surface area contributed by atoms with Crippen LogP contribution in [0.1, 0.15) is 20.8 Å². The summed E-state index contributed by atoms with van der Waals surface area (Å²) in [6, 6.07) is 0. The molecule has 0 saturated carbocycles. The molecule has 0 aliphatic heterocycles. The largest absolute Gasteiger partial charge is 0.799 e. The Bertz CT molecular complexity index is 109. The fraction of sp³-hybridized carbons (Fsp3) is 1.00. The lowest BCUT2D eigenvalue weighted by Gasteiger charge is -2.25. The Kier molecular flexibility index (Phi) is 2.72. The second-order valence-corrected chi connectivity index (χ2v) is 5.25. The van der Waals surface area contributed by atoms with Crippen LogP contribution in [0.2, 0.25) is 0 Å². The topological polar surface area (TPSA) is 40.1 Å². The summed E-state index contributed by atoms with van der Waals surface area (Å²) in [5.41, 5.74) is -0.188. The van der Waals surface area contributed by atoms with Gasteiger partial charge in [0.05, 0.1) is 0 Å². The van der Waals surface area contributed by atoms with Crippen molar-refractivity contribution in [1.82, 2.24) is 0 Å². The van der Waals surface area contributed by atoms with Crippen LogP contribution in [-0.2, 0) is 4.57 Å². The van der Waals surface area contributed by atoms with E-state index in [9.17, 15) is 9.46 Å². The first-order valence-electron chi connectivity index (χ1n) is 2.80. The van der Waals surface area contributed by atoms with E-state index in [1.807, 2.05) is 0 Å². The van der Waals surface area contributed by atoms with Crippen LogP contribution in [0.4, 0.5) is 0 Å². The molecule has 0 aliphatic rings. The summed E-state index contributed by atoms with van der Waals surface area (Å²) in [5, 5.41) is 0. The van der Waals surface area contributed by atoms with Gasteiger partial charge in [-0.3, -0.25) is 0 Å². The molecule has 0 amide bonds. The normalized spacial score (nSPS) is 18.6. The zero-order valence-corrected chi connectivity index (χ0v) is 6.44. The van der Waals surface area contributed by atoms with Crippen LogP contribution in [0.5, 0.6) is 0 Å². The lowest BCUT2D eigenvalue weighted by Crippen LogP contribution is -2.12. The lowest BCUT2D eigenvalue weighted by atomic mass is 10.6. The van der Waals surface area contributed by atoms with Crippen LogP contribution < -0.4 is 4.89 Å². The van der Waals surface area contributed by atoms with Gasteiger partial charge in [-0.25, -0.2) is 0 Å². The molecule has 0 heterocycles. The van der Waals surface area contributed by atoms with Crippen molar-refractivity contribution >= 4 is 7.37 Å². The van der Waals surface area contributed by atoms with Crippen LogP contribution in [0, 0.1) is 0 Å². The Hall–Kier alpha value is 0.190. The van der Waals surface area contributed by atoms with Crippen LogP contribution >= 0.6 is 7.37 Å². The van der Waals surface area contributed by atoms with Gasteiger partial charge in [0.2, 0.25) is 0 Å². The Labute approximate surface area is 50.4 Å². The van der Waals surface area contributed by atoms with E-state index in [-0.39, 0.29) is 11.8 Å².